The number of benzene rings is 3. The molecule has 0 aliphatic rings. The highest BCUT2D eigenvalue weighted by molar-refractivity contribution is 5.99. The summed E-state index contributed by atoms with van der Waals surface area (Å²) in [5, 5.41) is 11.6. The van der Waals surface area contributed by atoms with Crippen LogP contribution in [-0.4, -0.2) is 22.7 Å². The van der Waals surface area contributed by atoms with Gasteiger partial charge in [0.15, 0.2) is 11.4 Å². The molecule has 0 saturated carbocycles. The zero-order valence-corrected chi connectivity index (χ0v) is 18.0. The Balaban J connectivity index is 1.46. The second kappa shape index (κ2) is 9.99. The van der Waals surface area contributed by atoms with Gasteiger partial charge in [0.2, 0.25) is 0 Å². The van der Waals surface area contributed by atoms with Crippen molar-refractivity contribution in [1.29, 1.82) is 0 Å². The second-order valence-electron chi connectivity index (χ2n) is 7.32. The Morgan fingerprint density at radius 2 is 1.48 bits per heavy atom. The van der Waals surface area contributed by atoms with E-state index in [1.54, 1.807) is 54.6 Å². The molecule has 4 rings (SSSR count). The summed E-state index contributed by atoms with van der Waals surface area (Å²) >= 11 is 0. The molecule has 7 heteroatoms. The molecular weight excluding hydrogens is 425 g/mol. The molecule has 0 fully saturated rings. The van der Waals surface area contributed by atoms with Crippen LogP contribution in [0, 0.1) is 5.82 Å². The van der Waals surface area contributed by atoms with Crippen LogP contribution in [0.5, 0.6) is 28.7 Å². The van der Waals surface area contributed by atoms with Crippen LogP contribution in [-0.2, 0) is 4.74 Å². The van der Waals surface area contributed by atoms with Gasteiger partial charge in [0.25, 0.3) is 0 Å². The molecule has 1 aromatic heterocycles. The number of carbonyl (C=O) groups is 1. The third-order valence-corrected chi connectivity index (χ3v) is 4.87. The van der Waals surface area contributed by atoms with Crippen molar-refractivity contribution in [2.75, 3.05) is 6.61 Å². The van der Waals surface area contributed by atoms with Gasteiger partial charge >= 0.3 is 5.97 Å². The van der Waals surface area contributed by atoms with Gasteiger partial charge in [-0.1, -0.05) is 13.3 Å². The van der Waals surface area contributed by atoms with E-state index in [0.717, 1.165) is 12.8 Å². The lowest BCUT2D eigenvalue weighted by atomic mass is 10.1. The molecule has 168 valence electrons. The van der Waals surface area contributed by atoms with Crippen LogP contribution >= 0.6 is 0 Å². The van der Waals surface area contributed by atoms with E-state index in [1.807, 2.05) is 6.92 Å². The van der Waals surface area contributed by atoms with E-state index < -0.39 is 5.97 Å². The average Bonchev–Trinajstić information content (AvgIpc) is 2.82. The van der Waals surface area contributed by atoms with E-state index in [4.69, 9.17) is 14.2 Å². The van der Waals surface area contributed by atoms with E-state index >= 15 is 0 Å². The molecule has 0 amide bonds. The average molecular weight is 447 g/mol. The van der Waals surface area contributed by atoms with E-state index in [-0.39, 0.29) is 23.9 Å². The molecule has 1 heterocycles. The van der Waals surface area contributed by atoms with Crippen LogP contribution in [0.3, 0.4) is 0 Å². The Labute approximate surface area is 190 Å². The monoisotopic (exact) mass is 447 g/mol. The normalized spacial score (nSPS) is 10.7. The summed E-state index contributed by atoms with van der Waals surface area (Å²) in [7, 11) is 0. The molecule has 0 saturated heterocycles. The lowest BCUT2D eigenvalue weighted by Crippen LogP contribution is -2.08. The number of fused-ring (bicyclic) bond motifs is 1. The maximum atomic E-state index is 13.0. The minimum atomic E-state index is -0.647. The fraction of sp³-hybridized carbons (Fsp3) is 0.154. The maximum Gasteiger partial charge on any atom is 0.360 e. The van der Waals surface area contributed by atoms with Gasteiger partial charge in [0, 0.05) is 17.0 Å². The zero-order valence-electron chi connectivity index (χ0n) is 18.0. The maximum absolute atomic E-state index is 13.0. The van der Waals surface area contributed by atoms with E-state index in [1.165, 1.54) is 18.3 Å². The highest BCUT2D eigenvalue weighted by atomic mass is 19.1. The predicted molar refractivity (Wildman–Crippen MR) is 122 cm³/mol. The zero-order chi connectivity index (χ0) is 23.2. The van der Waals surface area contributed by atoms with Gasteiger partial charge in [0.05, 0.1) is 6.61 Å². The van der Waals surface area contributed by atoms with Crippen LogP contribution in [0.2, 0.25) is 0 Å². The number of rotatable bonds is 8. The van der Waals surface area contributed by atoms with Gasteiger partial charge in [-0.3, -0.25) is 0 Å². The smallest absolute Gasteiger partial charge is 0.360 e. The fourth-order valence-electron chi connectivity index (χ4n) is 3.13. The minimum Gasteiger partial charge on any atom is -0.505 e. The molecule has 0 radical (unpaired) electrons. The molecular formula is C26H22FNO5. The number of unbranched alkanes of at least 4 members (excludes halogenated alkanes) is 1. The molecule has 0 bridgehead atoms. The first-order valence-electron chi connectivity index (χ1n) is 10.5. The molecule has 6 nitrogen and oxygen atoms in total. The summed E-state index contributed by atoms with van der Waals surface area (Å²) in [5.74, 6) is 1.03. The number of carbonyl (C=O) groups excluding carboxylic acids is 1. The Kier molecular flexibility index (Phi) is 6.69. The first-order chi connectivity index (χ1) is 16.0. The van der Waals surface area contributed by atoms with Gasteiger partial charge in [-0.05, 0) is 73.2 Å². The first kappa shape index (κ1) is 22.1. The fourth-order valence-corrected chi connectivity index (χ4v) is 3.13. The number of hydrogen-bond donors (Lipinski definition) is 1. The van der Waals surface area contributed by atoms with Gasteiger partial charge < -0.3 is 19.3 Å². The molecule has 0 spiro atoms. The second-order valence-corrected chi connectivity index (χ2v) is 7.32. The van der Waals surface area contributed by atoms with Gasteiger partial charge in [-0.25, -0.2) is 14.2 Å². The lowest BCUT2D eigenvalue weighted by molar-refractivity contribution is 0.0489. The molecule has 0 unspecified atom stereocenters. The third kappa shape index (κ3) is 5.38. The Morgan fingerprint density at radius 1 is 0.909 bits per heavy atom. The van der Waals surface area contributed by atoms with Crippen molar-refractivity contribution in [3.05, 3.63) is 84.4 Å². The number of aromatic hydroxyl groups is 1. The minimum absolute atomic E-state index is 0.107. The molecule has 4 aromatic rings. The number of pyridine rings is 1. The van der Waals surface area contributed by atoms with E-state index in [9.17, 15) is 14.3 Å². The quantitative estimate of drug-likeness (QED) is 0.242. The van der Waals surface area contributed by atoms with E-state index in [0.29, 0.717) is 33.8 Å². The van der Waals surface area contributed by atoms with Crippen molar-refractivity contribution < 1.29 is 28.5 Å². The summed E-state index contributed by atoms with van der Waals surface area (Å²) in [6.45, 7) is 2.28. The first-order valence-corrected chi connectivity index (χ1v) is 10.5. The van der Waals surface area contributed by atoms with Crippen molar-refractivity contribution in [1.82, 2.24) is 4.98 Å². The highest BCUT2D eigenvalue weighted by Crippen LogP contribution is 2.32. The summed E-state index contributed by atoms with van der Waals surface area (Å²) in [6.07, 6.45) is 3.15. The van der Waals surface area contributed by atoms with Crippen molar-refractivity contribution in [2.24, 2.45) is 0 Å². The Bertz CT molecular complexity index is 1260. The van der Waals surface area contributed by atoms with Crippen LogP contribution in [0.1, 0.15) is 30.3 Å². The largest absolute Gasteiger partial charge is 0.505 e. The molecule has 1 N–H and O–H groups in total. The summed E-state index contributed by atoms with van der Waals surface area (Å²) in [4.78, 5) is 16.2. The van der Waals surface area contributed by atoms with Crippen LogP contribution in [0.4, 0.5) is 4.39 Å². The Morgan fingerprint density at radius 3 is 2.12 bits per heavy atom. The third-order valence-electron chi connectivity index (χ3n) is 4.87. The number of hydrogen-bond acceptors (Lipinski definition) is 6. The number of halogens is 1. The van der Waals surface area contributed by atoms with Crippen LogP contribution in [0.25, 0.3) is 10.8 Å². The Hall–Kier alpha value is -4.13. The number of esters is 1. The van der Waals surface area contributed by atoms with Crippen molar-refractivity contribution in [3.8, 4) is 28.7 Å². The number of nitrogens with zero attached hydrogens (tertiary/aromatic N) is 1. The highest BCUT2D eigenvalue weighted by Gasteiger charge is 2.17. The summed E-state index contributed by atoms with van der Waals surface area (Å²) in [5.41, 5.74) is -0.107. The molecule has 0 aliphatic heterocycles. The topological polar surface area (TPSA) is 77.9 Å². The van der Waals surface area contributed by atoms with Gasteiger partial charge in [0.1, 0.15) is 28.8 Å². The molecule has 0 atom stereocenters. The van der Waals surface area contributed by atoms with Crippen molar-refractivity contribution in [2.45, 2.75) is 19.8 Å². The SMILES string of the molecule is CCCCOC(=O)c1ncc2cc(Oc3ccc(Oc4ccc(F)cc4)cc3)ccc2c1O. The number of ether oxygens (including phenoxy) is 3. The van der Waals surface area contributed by atoms with Crippen LogP contribution in [0.15, 0.2) is 72.9 Å². The van der Waals surface area contributed by atoms with Crippen molar-refractivity contribution in [3.63, 3.8) is 0 Å². The van der Waals surface area contributed by atoms with Gasteiger partial charge in [-0.15, -0.1) is 0 Å². The summed E-state index contributed by atoms with van der Waals surface area (Å²) < 4.78 is 29.7. The van der Waals surface area contributed by atoms with Crippen LogP contribution < -0.4 is 9.47 Å². The summed E-state index contributed by atoms with van der Waals surface area (Å²) in [6, 6.07) is 17.8. The lowest BCUT2D eigenvalue weighted by Gasteiger charge is -2.10. The molecule has 3 aromatic carbocycles. The molecule has 0 aliphatic carbocycles. The molecule has 33 heavy (non-hydrogen) atoms. The van der Waals surface area contributed by atoms with Crippen molar-refractivity contribution >= 4 is 16.7 Å². The van der Waals surface area contributed by atoms with Gasteiger partial charge in [-0.2, -0.15) is 0 Å². The standard InChI is InChI=1S/C26H22FNO5/c1-2-3-14-31-26(30)24-25(29)23-13-12-22(15-17(23)16-28-24)33-21-10-8-20(9-11-21)32-19-6-4-18(27)5-7-19/h4-13,15-16,29H,2-3,14H2,1H3. The van der Waals surface area contributed by atoms with E-state index in [2.05, 4.69) is 4.98 Å². The number of aromatic nitrogens is 1. The predicted octanol–water partition coefficient (Wildman–Crippen LogP) is 6.62.